The third kappa shape index (κ3) is 4.63. The van der Waals surface area contributed by atoms with Crippen molar-refractivity contribution in [1.82, 2.24) is 4.57 Å². The van der Waals surface area contributed by atoms with E-state index in [1.807, 2.05) is 6.92 Å². The van der Waals surface area contributed by atoms with Gasteiger partial charge in [0.05, 0.1) is 15.7 Å². The molecule has 0 saturated heterocycles. The summed E-state index contributed by atoms with van der Waals surface area (Å²) >= 11 is 3.15. The lowest BCUT2D eigenvalue weighted by Gasteiger charge is -2.23. The van der Waals surface area contributed by atoms with Gasteiger partial charge in [-0.15, -0.1) is 12.4 Å². The maximum atomic E-state index is 12.0. The second-order valence-electron chi connectivity index (χ2n) is 4.61. The molecule has 0 fully saturated rings. The largest absolute Gasteiger partial charge is 0.323 e. The molecular formula is C12H19BrClN3O2. The van der Waals surface area contributed by atoms with E-state index in [-0.39, 0.29) is 23.9 Å². The first-order chi connectivity index (χ1) is 8.27. The van der Waals surface area contributed by atoms with Crippen molar-refractivity contribution in [3.63, 3.8) is 0 Å². The van der Waals surface area contributed by atoms with Crippen molar-refractivity contribution in [3.05, 3.63) is 27.1 Å². The predicted molar refractivity (Wildman–Crippen MR) is 82.8 cm³/mol. The van der Waals surface area contributed by atoms with E-state index >= 15 is 0 Å². The Morgan fingerprint density at radius 1 is 1.58 bits per heavy atom. The molecule has 1 rings (SSSR count). The van der Waals surface area contributed by atoms with E-state index in [0.717, 1.165) is 6.42 Å². The molecule has 0 aromatic carbocycles. The smallest absolute Gasteiger partial charge is 0.264 e. The molecule has 0 aliphatic rings. The second-order valence-corrected chi connectivity index (χ2v) is 5.47. The van der Waals surface area contributed by atoms with Gasteiger partial charge in [-0.25, -0.2) is 0 Å². The lowest BCUT2D eigenvalue weighted by Crippen LogP contribution is -2.48. The van der Waals surface area contributed by atoms with Gasteiger partial charge in [0.25, 0.3) is 5.56 Å². The average molecular weight is 353 g/mol. The number of nitrogens with two attached hydrogens (primary N) is 1. The molecule has 1 aromatic heterocycles. The van der Waals surface area contributed by atoms with Gasteiger partial charge in [-0.05, 0) is 35.3 Å². The SMILES string of the molecule is CCCC(C)(N)C(=O)Nc1cc(Br)c(=O)n(C)c1.Cl. The zero-order valence-electron chi connectivity index (χ0n) is 11.2. The van der Waals surface area contributed by atoms with Gasteiger partial charge < -0.3 is 15.6 Å². The first-order valence-corrected chi connectivity index (χ1v) is 6.53. The first-order valence-electron chi connectivity index (χ1n) is 5.74. The number of hydrogen-bond donors (Lipinski definition) is 2. The molecule has 0 spiro atoms. The summed E-state index contributed by atoms with van der Waals surface area (Å²) in [6, 6.07) is 1.57. The summed E-state index contributed by atoms with van der Waals surface area (Å²) in [7, 11) is 1.62. The molecule has 7 heteroatoms. The highest BCUT2D eigenvalue weighted by atomic mass is 79.9. The Bertz CT molecular complexity index is 488. The molecule has 5 nitrogen and oxygen atoms in total. The summed E-state index contributed by atoms with van der Waals surface area (Å²) in [6.45, 7) is 3.67. The van der Waals surface area contributed by atoms with Crippen molar-refractivity contribution < 1.29 is 4.79 Å². The number of halogens is 2. The summed E-state index contributed by atoms with van der Waals surface area (Å²) in [5.74, 6) is -0.255. The van der Waals surface area contributed by atoms with Crippen LogP contribution >= 0.6 is 28.3 Å². The summed E-state index contributed by atoms with van der Waals surface area (Å²) in [5.41, 5.74) is 5.41. The van der Waals surface area contributed by atoms with Gasteiger partial charge in [0.2, 0.25) is 5.91 Å². The van der Waals surface area contributed by atoms with E-state index in [1.165, 1.54) is 4.57 Å². The molecule has 1 aromatic rings. The number of aryl methyl sites for hydroxylation is 1. The Morgan fingerprint density at radius 3 is 2.63 bits per heavy atom. The summed E-state index contributed by atoms with van der Waals surface area (Å²) in [5, 5.41) is 2.72. The Kier molecular flexibility index (Phi) is 6.76. The number of aromatic nitrogens is 1. The van der Waals surface area contributed by atoms with Gasteiger partial charge >= 0.3 is 0 Å². The fraction of sp³-hybridized carbons (Fsp3) is 0.500. The number of carbonyl (C=O) groups excluding carboxylic acids is 1. The van der Waals surface area contributed by atoms with Crippen molar-refractivity contribution in [2.75, 3.05) is 5.32 Å². The molecule has 0 saturated carbocycles. The number of rotatable bonds is 4. The topological polar surface area (TPSA) is 77.1 Å². The van der Waals surface area contributed by atoms with Gasteiger partial charge in [-0.2, -0.15) is 0 Å². The van der Waals surface area contributed by atoms with Crippen LogP contribution in [0.4, 0.5) is 5.69 Å². The summed E-state index contributed by atoms with van der Waals surface area (Å²) in [6.07, 6.45) is 3.00. The van der Waals surface area contributed by atoms with Crippen molar-refractivity contribution in [2.24, 2.45) is 12.8 Å². The molecule has 1 atom stereocenters. The maximum Gasteiger partial charge on any atom is 0.264 e. The highest BCUT2D eigenvalue weighted by Gasteiger charge is 2.27. The molecule has 0 radical (unpaired) electrons. The van der Waals surface area contributed by atoms with Gasteiger partial charge in [-0.1, -0.05) is 13.3 Å². The Morgan fingerprint density at radius 2 is 2.16 bits per heavy atom. The minimum atomic E-state index is -0.907. The monoisotopic (exact) mass is 351 g/mol. The van der Waals surface area contributed by atoms with Crippen LogP contribution in [0.15, 0.2) is 21.5 Å². The van der Waals surface area contributed by atoms with Crippen LogP contribution in [0, 0.1) is 0 Å². The van der Waals surface area contributed by atoms with Crippen LogP contribution in [0.25, 0.3) is 0 Å². The first kappa shape index (κ1) is 18.1. The van der Waals surface area contributed by atoms with E-state index in [2.05, 4.69) is 21.2 Å². The zero-order valence-corrected chi connectivity index (χ0v) is 13.6. The van der Waals surface area contributed by atoms with Gasteiger partial charge in [0, 0.05) is 13.2 Å². The fourth-order valence-electron chi connectivity index (χ4n) is 1.65. The molecule has 0 aliphatic carbocycles. The summed E-state index contributed by atoms with van der Waals surface area (Å²) < 4.78 is 1.80. The highest BCUT2D eigenvalue weighted by molar-refractivity contribution is 9.10. The van der Waals surface area contributed by atoms with Crippen molar-refractivity contribution >= 4 is 39.9 Å². The van der Waals surface area contributed by atoms with Crippen LogP contribution in [0.2, 0.25) is 0 Å². The van der Waals surface area contributed by atoms with Crippen LogP contribution in [0.5, 0.6) is 0 Å². The molecule has 1 unspecified atom stereocenters. The number of nitrogens with one attached hydrogen (secondary N) is 1. The number of hydrogen-bond acceptors (Lipinski definition) is 3. The predicted octanol–water partition coefficient (Wildman–Crippen LogP) is 2.03. The minimum absolute atomic E-state index is 0. The molecule has 108 valence electrons. The normalized spacial score (nSPS) is 13.3. The third-order valence-corrected chi connectivity index (χ3v) is 3.25. The highest BCUT2D eigenvalue weighted by Crippen LogP contribution is 2.15. The average Bonchev–Trinajstić information content (AvgIpc) is 2.25. The van der Waals surface area contributed by atoms with Gasteiger partial charge in [0.1, 0.15) is 0 Å². The van der Waals surface area contributed by atoms with Crippen LogP contribution < -0.4 is 16.6 Å². The molecular weight excluding hydrogens is 334 g/mol. The molecule has 0 bridgehead atoms. The number of amides is 1. The van der Waals surface area contributed by atoms with Crippen molar-refractivity contribution in [1.29, 1.82) is 0 Å². The Labute approximate surface area is 127 Å². The van der Waals surface area contributed by atoms with E-state index in [0.29, 0.717) is 16.6 Å². The van der Waals surface area contributed by atoms with E-state index in [9.17, 15) is 9.59 Å². The molecule has 3 N–H and O–H groups in total. The van der Waals surface area contributed by atoms with Crippen LogP contribution in [-0.4, -0.2) is 16.0 Å². The Hall–Kier alpha value is -0.850. The maximum absolute atomic E-state index is 12.0. The van der Waals surface area contributed by atoms with Gasteiger partial charge in [0.15, 0.2) is 0 Å². The number of carbonyl (C=O) groups is 1. The minimum Gasteiger partial charge on any atom is -0.323 e. The molecule has 1 amide bonds. The Balaban J connectivity index is 0.00000324. The zero-order chi connectivity index (χ0) is 13.9. The number of anilines is 1. The lowest BCUT2D eigenvalue weighted by molar-refractivity contribution is -0.120. The van der Waals surface area contributed by atoms with Crippen molar-refractivity contribution in [3.8, 4) is 0 Å². The summed E-state index contributed by atoms with van der Waals surface area (Å²) in [4.78, 5) is 23.5. The fourth-order valence-corrected chi connectivity index (χ4v) is 2.17. The van der Waals surface area contributed by atoms with E-state index in [1.54, 1.807) is 26.2 Å². The van der Waals surface area contributed by atoms with Gasteiger partial charge in [-0.3, -0.25) is 9.59 Å². The van der Waals surface area contributed by atoms with E-state index < -0.39 is 5.54 Å². The lowest BCUT2D eigenvalue weighted by atomic mass is 9.96. The van der Waals surface area contributed by atoms with Crippen LogP contribution in [-0.2, 0) is 11.8 Å². The van der Waals surface area contributed by atoms with Crippen LogP contribution in [0.3, 0.4) is 0 Å². The second kappa shape index (κ2) is 7.07. The standard InChI is InChI=1S/C12H18BrN3O2.ClH/c1-4-5-12(2,14)11(18)15-8-6-9(13)10(17)16(3)7-8;/h6-7H,4-5,14H2,1-3H3,(H,15,18);1H. The molecule has 19 heavy (non-hydrogen) atoms. The number of nitrogens with zero attached hydrogens (tertiary/aromatic N) is 1. The molecule has 1 heterocycles. The molecule has 0 aliphatic heterocycles. The quantitative estimate of drug-likeness (QED) is 0.870. The van der Waals surface area contributed by atoms with Crippen LogP contribution in [0.1, 0.15) is 26.7 Å². The van der Waals surface area contributed by atoms with Crippen molar-refractivity contribution in [2.45, 2.75) is 32.2 Å². The third-order valence-electron chi connectivity index (χ3n) is 2.69. The number of pyridine rings is 1. The van der Waals surface area contributed by atoms with E-state index in [4.69, 9.17) is 5.73 Å².